The van der Waals surface area contributed by atoms with Crippen LogP contribution in [0.2, 0.25) is 0 Å². The van der Waals surface area contributed by atoms with Crippen LogP contribution in [-0.2, 0) is 0 Å². The summed E-state index contributed by atoms with van der Waals surface area (Å²) in [6.07, 6.45) is 7.06. The molecule has 3 nitrogen and oxygen atoms in total. The highest BCUT2D eigenvalue weighted by atomic mass is 15.2. The van der Waals surface area contributed by atoms with E-state index < -0.39 is 0 Å². The average Bonchev–Trinajstić information content (AvgIpc) is 2.39. The second-order valence-corrected chi connectivity index (χ2v) is 5.31. The van der Waals surface area contributed by atoms with Gasteiger partial charge in [0.05, 0.1) is 0 Å². The molecule has 0 aromatic carbocycles. The topological polar surface area (TPSA) is 18.5 Å². The van der Waals surface area contributed by atoms with Crippen LogP contribution in [0.4, 0.5) is 0 Å². The fourth-order valence-corrected chi connectivity index (χ4v) is 2.34. The zero-order valence-electron chi connectivity index (χ0n) is 11.9. The second kappa shape index (κ2) is 9.86. The van der Waals surface area contributed by atoms with Crippen molar-refractivity contribution in [2.45, 2.75) is 39.0 Å². The molecule has 0 spiro atoms. The van der Waals surface area contributed by atoms with Crippen LogP contribution in [0.25, 0.3) is 0 Å². The Kier molecular flexibility index (Phi) is 8.67. The molecule has 0 aromatic rings. The van der Waals surface area contributed by atoms with E-state index in [0.29, 0.717) is 0 Å². The van der Waals surface area contributed by atoms with Gasteiger partial charge in [0.25, 0.3) is 0 Å². The SMILES string of the molecule is CCCCN1CCCCC1.CN1CCNCC1. The van der Waals surface area contributed by atoms with Gasteiger partial charge in [0.15, 0.2) is 0 Å². The van der Waals surface area contributed by atoms with Gasteiger partial charge in [-0.3, -0.25) is 0 Å². The standard InChI is InChI=1S/C9H19N.C5H12N2/c1-2-3-7-10-8-5-4-6-9-10;1-7-4-2-6-3-5-7/h2-9H2,1H3;6H,2-5H2,1H3. The number of nitrogens with one attached hydrogen (secondary N) is 1. The van der Waals surface area contributed by atoms with Crippen LogP contribution in [0.3, 0.4) is 0 Å². The molecule has 2 saturated heterocycles. The molecular formula is C14H31N3. The molecule has 0 unspecified atom stereocenters. The molecule has 17 heavy (non-hydrogen) atoms. The number of hydrogen-bond acceptors (Lipinski definition) is 3. The van der Waals surface area contributed by atoms with Crippen LogP contribution in [-0.4, -0.2) is 62.7 Å². The lowest BCUT2D eigenvalue weighted by molar-refractivity contribution is 0.226. The van der Waals surface area contributed by atoms with E-state index in [1.165, 1.54) is 64.8 Å². The molecule has 102 valence electrons. The van der Waals surface area contributed by atoms with E-state index in [4.69, 9.17) is 0 Å². The van der Waals surface area contributed by atoms with Crippen molar-refractivity contribution in [2.24, 2.45) is 0 Å². The van der Waals surface area contributed by atoms with Crippen molar-refractivity contribution in [3.8, 4) is 0 Å². The third kappa shape index (κ3) is 7.74. The van der Waals surface area contributed by atoms with Crippen molar-refractivity contribution in [3.05, 3.63) is 0 Å². The maximum Gasteiger partial charge on any atom is 0.0104 e. The number of unbranched alkanes of at least 4 members (excludes halogenated alkanes) is 1. The molecule has 2 heterocycles. The van der Waals surface area contributed by atoms with Gasteiger partial charge in [-0.05, 0) is 45.9 Å². The predicted octanol–water partition coefficient (Wildman–Crippen LogP) is 1.79. The monoisotopic (exact) mass is 241 g/mol. The van der Waals surface area contributed by atoms with E-state index in [0.717, 1.165) is 13.1 Å². The molecule has 2 aliphatic heterocycles. The van der Waals surface area contributed by atoms with Crippen LogP contribution in [0, 0.1) is 0 Å². The molecule has 2 aliphatic rings. The fourth-order valence-electron chi connectivity index (χ4n) is 2.34. The number of hydrogen-bond donors (Lipinski definition) is 1. The first-order chi connectivity index (χ1) is 8.33. The Bertz CT molecular complexity index is 161. The first kappa shape index (κ1) is 14.9. The average molecular weight is 241 g/mol. The summed E-state index contributed by atoms with van der Waals surface area (Å²) in [5.74, 6) is 0. The van der Waals surface area contributed by atoms with Crippen molar-refractivity contribution in [2.75, 3.05) is 52.9 Å². The third-order valence-corrected chi connectivity index (χ3v) is 3.62. The van der Waals surface area contributed by atoms with Gasteiger partial charge in [-0.2, -0.15) is 0 Å². The van der Waals surface area contributed by atoms with E-state index in [9.17, 15) is 0 Å². The Labute approximate surface area is 108 Å². The van der Waals surface area contributed by atoms with Gasteiger partial charge in [-0.15, -0.1) is 0 Å². The molecule has 2 rings (SSSR count). The molecule has 0 aliphatic carbocycles. The summed E-state index contributed by atoms with van der Waals surface area (Å²) in [7, 11) is 2.15. The van der Waals surface area contributed by atoms with E-state index >= 15 is 0 Å². The lowest BCUT2D eigenvalue weighted by atomic mass is 10.1. The predicted molar refractivity (Wildman–Crippen MR) is 75.6 cm³/mol. The lowest BCUT2D eigenvalue weighted by Crippen LogP contribution is -2.40. The zero-order chi connectivity index (χ0) is 12.3. The summed E-state index contributed by atoms with van der Waals surface area (Å²) >= 11 is 0. The summed E-state index contributed by atoms with van der Waals surface area (Å²) in [6.45, 7) is 11.1. The highest BCUT2D eigenvalue weighted by Crippen LogP contribution is 2.08. The Hall–Kier alpha value is -0.120. The minimum absolute atomic E-state index is 1.16. The number of likely N-dealkylation sites (tertiary alicyclic amines) is 1. The molecule has 0 saturated carbocycles. The van der Waals surface area contributed by atoms with Gasteiger partial charge in [0.1, 0.15) is 0 Å². The van der Waals surface area contributed by atoms with Crippen LogP contribution in [0.5, 0.6) is 0 Å². The van der Waals surface area contributed by atoms with Crippen LogP contribution < -0.4 is 5.32 Å². The van der Waals surface area contributed by atoms with Crippen molar-refractivity contribution in [3.63, 3.8) is 0 Å². The zero-order valence-corrected chi connectivity index (χ0v) is 11.9. The summed E-state index contributed by atoms with van der Waals surface area (Å²) < 4.78 is 0. The van der Waals surface area contributed by atoms with E-state index in [1.807, 2.05) is 0 Å². The maximum atomic E-state index is 3.27. The van der Waals surface area contributed by atoms with E-state index in [-0.39, 0.29) is 0 Å². The fraction of sp³-hybridized carbons (Fsp3) is 1.00. The summed E-state index contributed by atoms with van der Waals surface area (Å²) in [5, 5.41) is 3.27. The molecule has 1 N–H and O–H groups in total. The summed E-state index contributed by atoms with van der Waals surface area (Å²) in [5.41, 5.74) is 0. The highest BCUT2D eigenvalue weighted by molar-refractivity contribution is 4.63. The first-order valence-electron chi connectivity index (χ1n) is 7.44. The largest absolute Gasteiger partial charge is 0.314 e. The Balaban J connectivity index is 0.000000181. The minimum atomic E-state index is 1.16. The summed E-state index contributed by atoms with van der Waals surface area (Å²) in [6, 6.07) is 0. The Morgan fingerprint density at radius 1 is 0.941 bits per heavy atom. The molecule has 0 radical (unpaired) electrons. The maximum absolute atomic E-state index is 3.27. The number of piperazine rings is 1. The molecule has 0 atom stereocenters. The lowest BCUT2D eigenvalue weighted by Gasteiger charge is -2.25. The quantitative estimate of drug-likeness (QED) is 0.813. The van der Waals surface area contributed by atoms with E-state index in [1.54, 1.807) is 0 Å². The van der Waals surface area contributed by atoms with E-state index in [2.05, 4.69) is 29.1 Å². The van der Waals surface area contributed by atoms with Crippen LogP contribution in [0.15, 0.2) is 0 Å². The summed E-state index contributed by atoms with van der Waals surface area (Å²) in [4.78, 5) is 4.93. The van der Waals surface area contributed by atoms with Gasteiger partial charge >= 0.3 is 0 Å². The third-order valence-electron chi connectivity index (χ3n) is 3.62. The van der Waals surface area contributed by atoms with Gasteiger partial charge in [-0.25, -0.2) is 0 Å². The van der Waals surface area contributed by atoms with Gasteiger partial charge < -0.3 is 15.1 Å². The molecule has 3 heteroatoms. The number of piperidine rings is 1. The second-order valence-electron chi connectivity index (χ2n) is 5.31. The highest BCUT2D eigenvalue weighted by Gasteiger charge is 2.07. The van der Waals surface area contributed by atoms with Crippen LogP contribution >= 0.6 is 0 Å². The molecule has 2 fully saturated rings. The van der Waals surface area contributed by atoms with Crippen LogP contribution in [0.1, 0.15) is 39.0 Å². The van der Waals surface area contributed by atoms with Gasteiger partial charge in [-0.1, -0.05) is 19.8 Å². The Morgan fingerprint density at radius 3 is 2.06 bits per heavy atom. The molecule has 0 amide bonds. The Morgan fingerprint density at radius 2 is 1.59 bits per heavy atom. The van der Waals surface area contributed by atoms with Crippen molar-refractivity contribution >= 4 is 0 Å². The molecule has 0 bridgehead atoms. The van der Waals surface area contributed by atoms with Crippen molar-refractivity contribution in [1.82, 2.24) is 15.1 Å². The van der Waals surface area contributed by atoms with Gasteiger partial charge in [0.2, 0.25) is 0 Å². The van der Waals surface area contributed by atoms with Crippen molar-refractivity contribution < 1.29 is 0 Å². The normalized spacial score (nSPS) is 22.9. The number of likely N-dealkylation sites (N-methyl/N-ethyl adjacent to an activating group) is 1. The number of nitrogens with zero attached hydrogens (tertiary/aromatic N) is 2. The molecule has 0 aromatic heterocycles. The minimum Gasteiger partial charge on any atom is -0.314 e. The smallest absolute Gasteiger partial charge is 0.0104 e. The first-order valence-corrected chi connectivity index (χ1v) is 7.44. The van der Waals surface area contributed by atoms with Gasteiger partial charge in [0, 0.05) is 26.2 Å². The van der Waals surface area contributed by atoms with Crippen molar-refractivity contribution in [1.29, 1.82) is 0 Å². The number of rotatable bonds is 3. The molecular weight excluding hydrogens is 210 g/mol.